The second kappa shape index (κ2) is 10.3. The fraction of sp³-hybridized carbons (Fsp3) is 0.320. The van der Waals surface area contributed by atoms with Crippen molar-refractivity contribution in [1.82, 2.24) is 9.97 Å². The molecule has 2 aromatic carbocycles. The zero-order valence-electron chi connectivity index (χ0n) is 19.2. The number of hydrogen-bond acceptors (Lipinski definition) is 6. The Balaban J connectivity index is 1.63. The Labute approximate surface area is 201 Å². The van der Waals surface area contributed by atoms with Crippen LogP contribution in [0.1, 0.15) is 42.9 Å². The molecule has 7 nitrogen and oxygen atoms in total. The lowest BCUT2D eigenvalue weighted by Crippen LogP contribution is -2.31. The highest BCUT2D eigenvalue weighted by Gasteiger charge is 2.31. The molecule has 0 saturated heterocycles. The molecule has 4 rings (SSSR count). The maximum absolute atomic E-state index is 13.9. The molecule has 1 aliphatic heterocycles. The molecule has 0 saturated carbocycles. The molecule has 0 aliphatic carbocycles. The number of rotatable bonds is 8. The normalized spacial score (nSPS) is 15.1. The highest BCUT2D eigenvalue weighted by molar-refractivity contribution is 7.98. The number of amides is 1. The van der Waals surface area contributed by atoms with Crippen LogP contribution in [0, 0.1) is 11.7 Å². The SMILES string of the molecule is COc1cc([C@@H]2CC(=O)Nc3nc(SCc4ccccc4F)[nH]c(=O)c32)ccc1OCC(C)C. The number of halogens is 1. The van der Waals surface area contributed by atoms with Crippen LogP contribution < -0.4 is 20.3 Å². The molecule has 1 aliphatic rings. The van der Waals surface area contributed by atoms with Crippen molar-refractivity contribution in [2.45, 2.75) is 37.1 Å². The molecule has 0 radical (unpaired) electrons. The Hall–Kier alpha value is -3.33. The Morgan fingerprint density at radius 1 is 1.18 bits per heavy atom. The third-order valence-corrected chi connectivity index (χ3v) is 6.34. The summed E-state index contributed by atoms with van der Waals surface area (Å²) in [7, 11) is 1.55. The first kappa shape index (κ1) is 23.8. The standard InChI is InChI=1S/C25H26FN3O4S/c1-14(2)12-33-19-9-8-15(10-20(19)32-3)17-11-21(30)27-23-22(17)24(31)29-25(28-23)34-13-16-6-4-5-7-18(16)26/h4-10,14,17H,11-13H2,1-3H3,(H2,27,28,29,30,31)/t17-/m0/s1. The van der Waals surface area contributed by atoms with Crippen LogP contribution in [-0.4, -0.2) is 29.6 Å². The van der Waals surface area contributed by atoms with E-state index in [0.717, 1.165) is 5.56 Å². The van der Waals surface area contributed by atoms with Crippen LogP contribution >= 0.6 is 11.8 Å². The lowest BCUT2D eigenvalue weighted by molar-refractivity contribution is -0.116. The van der Waals surface area contributed by atoms with Crippen molar-refractivity contribution in [3.05, 3.63) is 75.3 Å². The number of aromatic amines is 1. The molecule has 0 bridgehead atoms. The van der Waals surface area contributed by atoms with Crippen molar-refractivity contribution in [3.63, 3.8) is 0 Å². The average Bonchev–Trinajstić information content (AvgIpc) is 2.81. The molecule has 0 unspecified atom stereocenters. The van der Waals surface area contributed by atoms with Crippen molar-refractivity contribution in [2.75, 3.05) is 19.0 Å². The summed E-state index contributed by atoms with van der Waals surface area (Å²) in [5.41, 5.74) is 1.29. The van der Waals surface area contributed by atoms with Gasteiger partial charge >= 0.3 is 0 Å². The van der Waals surface area contributed by atoms with E-state index in [4.69, 9.17) is 9.47 Å². The van der Waals surface area contributed by atoms with Gasteiger partial charge in [0.15, 0.2) is 16.7 Å². The highest BCUT2D eigenvalue weighted by Crippen LogP contribution is 2.38. The largest absolute Gasteiger partial charge is 0.493 e. The van der Waals surface area contributed by atoms with Gasteiger partial charge in [-0.2, -0.15) is 0 Å². The third-order valence-electron chi connectivity index (χ3n) is 5.41. The van der Waals surface area contributed by atoms with Crippen LogP contribution in [0.15, 0.2) is 52.4 Å². The van der Waals surface area contributed by atoms with Gasteiger partial charge in [-0.1, -0.05) is 49.9 Å². The molecule has 34 heavy (non-hydrogen) atoms. The van der Waals surface area contributed by atoms with Gasteiger partial charge in [0.25, 0.3) is 5.56 Å². The molecule has 1 aromatic heterocycles. The van der Waals surface area contributed by atoms with Crippen LogP contribution in [0.5, 0.6) is 11.5 Å². The van der Waals surface area contributed by atoms with E-state index in [0.29, 0.717) is 46.1 Å². The summed E-state index contributed by atoms with van der Waals surface area (Å²) >= 11 is 1.19. The molecule has 2 N–H and O–H groups in total. The van der Waals surface area contributed by atoms with Crippen molar-refractivity contribution >= 4 is 23.5 Å². The lowest BCUT2D eigenvalue weighted by atomic mass is 9.86. The zero-order chi connectivity index (χ0) is 24.2. The predicted molar refractivity (Wildman–Crippen MR) is 129 cm³/mol. The Bertz CT molecular complexity index is 1260. The van der Waals surface area contributed by atoms with E-state index in [9.17, 15) is 14.0 Å². The monoisotopic (exact) mass is 483 g/mol. The van der Waals surface area contributed by atoms with Gasteiger partial charge in [0.1, 0.15) is 11.6 Å². The first-order valence-electron chi connectivity index (χ1n) is 11.0. The van der Waals surface area contributed by atoms with Gasteiger partial charge in [0.2, 0.25) is 5.91 Å². The van der Waals surface area contributed by atoms with Gasteiger partial charge in [0, 0.05) is 18.1 Å². The van der Waals surface area contributed by atoms with Crippen molar-refractivity contribution in [1.29, 1.82) is 0 Å². The second-order valence-corrected chi connectivity index (χ2v) is 9.40. The molecule has 178 valence electrons. The minimum absolute atomic E-state index is 0.106. The summed E-state index contributed by atoms with van der Waals surface area (Å²) in [4.78, 5) is 32.8. The highest BCUT2D eigenvalue weighted by atomic mass is 32.2. The van der Waals surface area contributed by atoms with E-state index in [1.807, 2.05) is 6.07 Å². The average molecular weight is 484 g/mol. The quantitative estimate of drug-likeness (QED) is 0.356. The van der Waals surface area contributed by atoms with Gasteiger partial charge in [-0.05, 0) is 35.2 Å². The molecular weight excluding hydrogens is 457 g/mol. The molecule has 1 amide bonds. The van der Waals surface area contributed by atoms with Crippen molar-refractivity contribution in [2.24, 2.45) is 5.92 Å². The van der Waals surface area contributed by atoms with E-state index in [-0.39, 0.29) is 29.5 Å². The number of benzene rings is 2. The van der Waals surface area contributed by atoms with Crippen LogP contribution in [0.4, 0.5) is 10.2 Å². The third kappa shape index (κ3) is 5.25. The number of thioether (sulfide) groups is 1. The molecule has 2 heterocycles. The summed E-state index contributed by atoms with van der Waals surface area (Å²) in [6, 6.07) is 11.9. The molecule has 0 spiro atoms. The summed E-state index contributed by atoms with van der Waals surface area (Å²) in [6.07, 6.45) is 0.106. The number of methoxy groups -OCH3 is 1. The summed E-state index contributed by atoms with van der Waals surface area (Å²) < 4.78 is 25.2. The van der Waals surface area contributed by atoms with Gasteiger partial charge in [-0.15, -0.1) is 0 Å². The molecule has 1 atom stereocenters. The van der Waals surface area contributed by atoms with E-state index in [1.54, 1.807) is 37.4 Å². The fourth-order valence-corrected chi connectivity index (χ4v) is 4.59. The number of nitrogens with zero attached hydrogens (tertiary/aromatic N) is 1. The van der Waals surface area contributed by atoms with Gasteiger partial charge in [0.05, 0.1) is 19.3 Å². The van der Waals surface area contributed by atoms with Crippen molar-refractivity contribution < 1.29 is 18.7 Å². The Morgan fingerprint density at radius 2 is 1.97 bits per heavy atom. The first-order valence-corrected chi connectivity index (χ1v) is 11.9. The number of carbonyl (C=O) groups is 1. The smallest absolute Gasteiger partial charge is 0.257 e. The number of carbonyl (C=O) groups excluding carboxylic acids is 1. The van der Waals surface area contributed by atoms with Crippen LogP contribution in [0.2, 0.25) is 0 Å². The summed E-state index contributed by atoms with van der Waals surface area (Å²) in [5.74, 6) is 0.964. The first-order chi connectivity index (χ1) is 16.4. The Morgan fingerprint density at radius 3 is 2.71 bits per heavy atom. The number of aromatic nitrogens is 2. The van der Waals surface area contributed by atoms with Crippen LogP contribution in [-0.2, 0) is 10.5 Å². The van der Waals surface area contributed by atoms with E-state index >= 15 is 0 Å². The maximum Gasteiger partial charge on any atom is 0.257 e. The van der Waals surface area contributed by atoms with Gasteiger partial charge in [-0.25, -0.2) is 9.37 Å². The van der Waals surface area contributed by atoms with Crippen molar-refractivity contribution in [3.8, 4) is 11.5 Å². The minimum atomic E-state index is -0.487. The topological polar surface area (TPSA) is 93.3 Å². The summed E-state index contributed by atoms with van der Waals surface area (Å²) in [5, 5.41) is 3.02. The second-order valence-electron chi connectivity index (χ2n) is 8.43. The predicted octanol–water partition coefficient (Wildman–Crippen LogP) is 4.72. The van der Waals surface area contributed by atoms with E-state index < -0.39 is 5.92 Å². The number of hydrogen-bond donors (Lipinski definition) is 2. The number of H-pyrrole nitrogens is 1. The lowest BCUT2D eigenvalue weighted by Gasteiger charge is -2.25. The van der Waals surface area contributed by atoms with Gasteiger partial charge in [-0.3, -0.25) is 9.59 Å². The van der Waals surface area contributed by atoms with E-state index in [1.165, 1.54) is 17.8 Å². The number of nitrogens with one attached hydrogen (secondary N) is 2. The maximum atomic E-state index is 13.9. The Kier molecular flexibility index (Phi) is 7.21. The minimum Gasteiger partial charge on any atom is -0.493 e. The molecule has 3 aromatic rings. The molecular formula is C25H26FN3O4S. The number of ether oxygens (including phenoxy) is 2. The van der Waals surface area contributed by atoms with Crippen LogP contribution in [0.25, 0.3) is 0 Å². The zero-order valence-corrected chi connectivity index (χ0v) is 20.0. The van der Waals surface area contributed by atoms with Crippen LogP contribution in [0.3, 0.4) is 0 Å². The van der Waals surface area contributed by atoms with Gasteiger partial charge < -0.3 is 19.8 Å². The number of anilines is 1. The van der Waals surface area contributed by atoms with E-state index in [2.05, 4.69) is 29.1 Å². The number of fused-ring (bicyclic) bond motifs is 1. The fourth-order valence-electron chi connectivity index (χ4n) is 3.74. The molecule has 0 fully saturated rings. The summed E-state index contributed by atoms with van der Waals surface area (Å²) in [6.45, 7) is 4.66. The molecule has 9 heteroatoms.